The largest absolute Gasteiger partial charge is 0.335 e. The molecule has 31 heavy (non-hydrogen) atoms. The van der Waals surface area contributed by atoms with E-state index in [1.54, 1.807) is 53.4 Å². The average Bonchev–Trinajstić information content (AvgIpc) is 3.12. The van der Waals surface area contributed by atoms with Crippen LogP contribution in [0.4, 0.5) is 5.69 Å². The maximum atomic E-state index is 13.2. The zero-order chi connectivity index (χ0) is 22.4. The monoisotopic (exact) mass is 457 g/mol. The SMILES string of the molecule is CCN(C(=O)c1ccccc1SCC(=O)Nc1cccc(C#N)c1)[C@@H]1CCS(=O)(=O)C1. The van der Waals surface area contributed by atoms with Crippen LogP contribution in [0.25, 0.3) is 0 Å². The summed E-state index contributed by atoms with van der Waals surface area (Å²) < 4.78 is 23.7. The number of hydrogen-bond acceptors (Lipinski definition) is 6. The van der Waals surface area contributed by atoms with E-state index in [1.807, 2.05) is 13.0 Å². The zero-order valence-electron chi connectivity index (χ0n) is 17.1. The zero-order valence-corrected chi connectivity index (χ0v) is 18.7. The minimum atomic E-state index is -3.10. The Morgan fingerprint density at radius 2 is 2.00 bits per heavy atom. The minimum absolute atomic E-state index is 0.00788. The molecule has 1 heterocycles. The number of benzene rings is 2. The van der Waals surface area contributed by atoms with Crippen molar-refractivity contribution in [3.05, 3.63) is 59.7 Å². The molecule has 1 aliphatic heterocycles. The molecule has 2 aromatic rings. The molecule has 3 rings (SSSR count). The molecule has 2 aromatic carbocycles. The van der Waals surface area contributed by atoms with E-state index in [1.165, 1.54) is 11.8 Å². The smallest absolute Gasteiger partial charge is 0.255 e. The molecule has 0 saturated carbocycles. The van der Waals surface area contributed by atoms with Crippen LogP contribution in [-0.2, 0) is 14.6 Å². The Hall–Kier alpha value is -2.83. The second-order valence-electron chi connectivity index (χ2n) is 7.17. The Balaban J connectivity index is 1.69. The third kappa shape index (κ3) is 5.87. The van der Waals surface area contributed by atoms with Gasteiger partial charge in [-0.15, -0.1) is 11.8 Å². The Kier molecular flexibility index (Phi) is 7.36. The predicted molar refractivity (Wildman–Crippen MR) is 121 cm³/mol. The fourth-order valence-electron chi connectivity index (χ4n) is 3.52. The van der Waals surface area contributed by atoms with Gasteiger partial charge in [-0.25, -0.2) is 8.42 Å². The van der Waals surface area contributed by atoms with Crippen molar-refractivity contribution >= 4 is 39.1 Å². The number of amides is 2. The van der Waals surface area contributed by atoms with Crippen LogP contribution in [0.5, 0.6) is 0 Å². The second-order valence-corrected chi connectivity index (χ2v) is 10.4. The van der Waals surface area contributed by atoms with Gasteiger partial charge in [0, 0.05) is 23.2 Å². The molecular weight excluding hydrogens is 434 g/mol. The summed E-state index contributed by atoms with van der Waals surface area (Å²) in [5.41, 5.74) is 1.45. The molecule has 7 nitrogen and oxygen atoms in total. The number of hydrogen-bond donors (Lipinski definition) is 1. The predicted octanol–water partition coefficient (Wildman–Crippen LogP) is 2.94. The van der Waals surface area contributed by atoms with Crippen LogP contribution >= 0.6 is 11.8 Å². The highest BCUT2D eigenvalue weighted by molar-refractivity contribution is 8.00. The molecule has 1 saturated heterocycles. The lowest BCUT2D eigenvalue weighted by molar-refractivity contribution is -0.113. The Labute approximate surface area is 186 Å². The molecule has 9 heteroatoms. The van der Waals surface area contributed by atoms with E-state index in [4.69, 9.17) is 5.26 Å². The van der Waals surface area contributed by atoms with E-state index in [-0.39, 0.29) is 35.1 Å². The van der Waals surface area contributed by atoms with E-state index < -0.39 is 9.84 Å². The summed E-state index contributed by atoms with van der Waals surface area (Å²) in [7, 11) is -3.10. The molecule has 0 bridgehead atoms. The lowest BCUT2D eigenvalue weighted by Gasteiger charge is -2.27. The Morgan fingerprint density at radius 3 is 2.68 bits per heavy atom. The fraction of sp³-hybridized carbons (Fsp3) is 0.318. The molecular formula is C22H23N3O4S2. The summed E-state index contributed by atoms with van der Waals surface area (Å²) in [6.45, 7) is 2.25. The number of carbonyl (C=O) groups excluding carboxylic acids is 2. The summed E-state index contributed by atoms with van der Waals surface area (Å²) >= 11 is 1.24. The minimum Gasteiger partial charge on any atom is -0.335 e. The first kappa shape index (κ1) is 22.8. The maximum Gasteiger partial charge on any atom is 0.255 e. The molecule has 0 aliphatic carbocycles. The van der Waals surface area contributed by atoms with Crippen LogP contribution in [0.15, 0.2) is 53.4 Å². The summed E-state index contributed by atoms with van der Waals surface area (Å²) in [5.74, 6) is -0.298. The molecule has 1 N–H and O–H groups in total. The first-order valence-corrected chi connectivity index (χ1v) is 12.7. The first-order valence-electron chi connectivity index (χ1n) is 9.86. The van der Waals surface area contributed by atoms with Crippen molar-refractivity contribution in [3.63, 3.8) is 0 Å². The van der Waals surface area contributed by atoms with Crippen LogP contribution in [-0.4, -0.2) is 55.0 Å². The van der Waals surface area contributed by atoms with Crippen LogP contribution in [0.1, 0.15) is 29.3 Å². The third-order valence-corrected chi connectivity index (χ3v) is 7.83. The van der Waals surface area contributed by atoms with Gasteiger partial charge in [-0.2, -0.15) is 5.26 Å². The van der Waals surface area contributed by atoms with Crippen LogP contribution in [0, 0.1) is 11.3 Å². The number of nitrogens with zero attached hydrogens (tertiary/aromatic N) is 2. The van der Waals surface area contributed by atoms with Crippen LogP contribution in [0.2, 0.25) is 0 Å². The Morgan fingerprint density at radius 1 is 1.23 bits per heavy atom. The van der Waals surface area contributed by atoms with Crippen molar-refractivity contribution in [2.45, 2.75) is 24.3 Å². The summed E-state index contributed by atoms with van der Waals surface area (Å²) in [6.07, 6.45) is 0.446. The van der Waals surface area contributed by atoms with Gasteiger partial charge in [-0.1, -0.05) is 18.2 Å². The van der Waals surface area contributed by atoms with Gasteiger partial charge in [0.05, 0.1) is 34.5 Å². The number of anilines is 1. The normalized spacial score (nSPS) is 17.0. The Bertz CT molecular complexity index is 1130. The van der Waals surface area contributed by atoms with Gasteiger partial charge in [-0.3, -0.25) is 9.59 Å². The summed E-state index contributed by atoms with van der Waals surface area (Å²) in [4.78, 5) is 27.8. The van der Waals surface area contributed by atoms with Crippen LogP contribution < -0.4 is 5.32 Å². The van der Waals surface area contributed by atoms with Gasteiger partial charge in [-0.05, 0) is 43.7 Å². The molecule has 2 amide bonds. The second kappa shape index (κ2) is 9.98. The quantitative estimate of drug-likeness (QED) is 0.641. The van der Waals surface area contributed by atoms with E-state index in [9.17, 15) is 18.0 Å². The average molecular weight is 458 g/mol. The van der Waals surface area contributed by atoms with E-state index in [0.29, 0.717) is 34.7 Å². The lowest BCUT2D eigenvalue weighted by Crippen LogP contribution is -2.41. The van der Waals surface area contributed by atoms with Gasteiger partial charge >= 0.3 is 0 Å². The highest BCUT2D eigenvalue weighted by Crippen LogP contribution is 2.27. The first-order chi connectivity index (χ1) is 14.8. The topological polar surface area (TPSA) is 107 Å². The van der Waals surface area contributed by atoms with Gasteiger partial charge in [0.2, 0.25) is 5.91 Å². The van der Waals surface area contributed by atoms with Gasteiger partial charge in [0.1, 0.15) is 0 Å². The number of nitriles is 1. The van der Waals surface area contributed by atoms with E-state index in [2.05, 4.69) is 5.32 Å². The fourth-order valence-corrected chi connectivity index (χ4v) is 6.09. The number of nitrogens with one attached hydrogen (secondary N) is 1. The lowest BCUT2D eigenvalue weighted by atomic mass is 10.1. The standard InChI is InChI=1S/C22H23N3O4S2/c1-2-25(18-10-11-31(28,29)15-18)22(27)19-8-3-4-9-20(19)30-14-21(26)24-17-7-5-6-16(12-17)13-23/h3-9,12,18H,2,10-11,14-15H2,1H3,(H,24,26)/t18-/m1/s1. The highest BCUT2D eigenvalue weighted by atomic mass is 32.2. The van der Waals surface area contributed by atoms with Crippen molar-refractivity contribution in [2.75, 3.05) is 29.1 Å². The van der Waals surface area contributed by atoms with Gasteiger partial charge < -0.3 is 10.2 Å². The van der Waals surface area contributed by atoms with E-state index >= 15 is 0 Å². The van der Waals surface area contributed by atoms with Crippen molar-refractivity contribution < 1.29 is 18.0 Å². The number of carbonyl (C=O) groups is 2. The summed E-state index contributed by atoms with van der Waals surface area (Å²) in [5, 5.41) is 11.7. The highest BCUT2D eigenvalue weighted by Gasteiger charge is 2.34. The molecule has 0 radical (unpaired) electrons. The van der Waals surface area contributed by atoms with Gasteiger partial charge in [0.15, 0.2) is 9.84 Å². The number of thioether (sulfide) groups is 1. The van der Waals surface area contributed by atoms with Gasteiger partial charge in [0.25, 0.3) is 5.91 Å². The molecule has 1 aliphatic rings. The van der Waals surface area contributed by atoms with E-state index in [0.717, 1.165) is 0 Å². The van der Waals surface area contributed by atoms with Crippen molar-refractivity contribution in [2.24, 2.45) is 0 Å². The number of rotatable bonds is 7. The van der Waals surface area contributed by atoms with Crippen molar-refractivity contribution in [1.29, 1.82) is 5.26 Å². The van der Waals surface area contributed by atoms with Crippen LogP contribution in [0.3, 0.4) is 0 Å². The maximum absolute atomic E-state index is 13.2. The third-order valence-electron chi connectivity index (χ3n) is 5.00. The molecule has 162 valence electrons. The molecule has 1 fully saturated rings. The summed E-state index contributed by atoms with van der Waals surface area (Å²) in [6, 6.07) is 15.4. The van der Waals surface area contributed by atoms with Crippen molar-refractivity contribution in [3.8, 4) is 6.07 Å². The molecule has 1 atom stereocenters. The van der Waals surface area contributed by atoms with Crippen molar-refractivity contribution in [1.82, 2.24) is 4.90 Å². The molecule has 0 unspecified atom stereocenters. The molecule has 0 spiro atoms. The number of sulfone groups is 1. The molecule has 0 aromatic heterocycles.